The molecule has 0 saturated heterocycles. The molecule has 1 aromatic heterocycles. The molecule has 0 aliphatic heterocycles. The summed E-state index contributed by atoms with van der Waals surface area (Å²) in [5.41, 5.74) is 7.93. The van der Waals surface area contributed by atoms with Crippen molar-refractivity contribution >= 4 is 17.3 Å². The molecule has 2 rings (SSSR count). The van der Waals surface area contributed by atoms with E-state index < -0.39 is 0 Å². The van der Waals surface area contributed by atoms with Crippen LogP contribution in [0.4, 0.5) is 11.4 Å². The van der Waals surface area contributed by atoms with Gasteiger partial charge in [-0.3, -0.25) is 9.48 Å². The van der Waals surface area contributed by atoms with E-state index in [1.807, 2.05) is 23.9 Å². The highest BCUT2D eigenvalue weighted by Crippen LogP contribution is 2.24. The number of nitrogens with one attached hydrogen (secondary N) is 1. The molecule has 0 unspecified atom stereocenters. The Morgan fingerprint density at radius 1 is 1.43 bits per heavy atom. The molecule has 0 aliphatic carbocycles. The van der Waals surface area contributed by atoms with Gasteiger partial charge in [-0.15, -0.1) is 0 Å². The molecule has 6 heteroatoms. The van der Waals surface area contributed by atoms with Gasteiger partial charge in [0.1, 0.15) is 5.75 Å². The number of aromatic nitrogens is 2. The van der Waals surface area contributed by atoms with Crippen LogP contribution in [0.25, 0.3) is 0 Å². The number of carbonyl (C=O) groups is 1. The van der Waals surface area contributed by atoms with Gasteiger partial charge in [0, 0.05) is 25.2 Å². The van der Waals surface area contributed by atoms with Gasteiger partial charge in [-0.1, -0.05) is 0 Å². The molecular formula is C15H20N4O2. The normalized spacial score (nSPS) is 10.4. The van der Waals surface area contributed by atoms with Gasteiger partial charge in [0.05, 0.1) is 24.2 Å². The van der Waals surface area contributed by atoms with Crippen molar-refractivity contribution in [2.24, 2.45) is 0 Å². The van der Waals surface area contributed by atoms with Crippen molar-refractivity contribution in [2.75, 3.05) is 18.2 Å². The Morgan fingerprint density at radius 3 is 2.86 bits per heavy atom. The number of benzene rings is 1. The van der Waals surface area contributed by atoms with E-state index in [0.29, 0.717) is 23.5 Å². The number of nitrogens with zero attached hydrogens (tertiary/aromatic N) is 2. The van der Waals surface area contributed by atoms with E-state index >= 15 is 0 Å². The summed E-state index contributed by atoms with van der Waals surface area (Å²) < 4.78 is 6.91. The fraction of sp³-hybridized carbons (Fsp3) is 0.333. The van der Waals surface area contributed by atoms with E-state index in [-0.39, 0.29) is 5.91 Å². The topological polar surface area (TPSA) is 82.2 Å². The predicted octanol–water partition coefficient (Wildman–Crippen LogP) is 2.20. The molecule has 0 spiro atoms. The summed E-state index contributed by atoms with van der Waals surface area (Å²) in [6.45, 7) is 2.66. The minimum atomic E-state index is -0.0595. The average molecular weight is 288 g/mol. The minimum absolute atomic E-state index is 0.0595. The van der Waals surface area contributed by atoms with Crippen LogP contribution in [0.2, 0.25) is 0 Å². The second-order valence-electron chi connectivity index (χ2n) is 4.83. The van der Waals surface area contributed by atoms with E-state index in [0.717, 1.165) is 18.7 Å². The van der Waals surface area contributed by atoms with Crippen LogP contribution >= 0.6 is 0 Å². The van der Waals surface area contributed by atoms with E-state index in [1.165, 1.54) is 0 Å². The number of rotatable bonds is 6. The summed E-state index contributed by atoms with van der Waals surface area (Å²) >= 11 is 0. The molecule has 21 heavy (non-hydrogen) atoms. The molecule has 2 aromatic rings. The zero-order valence-corrected chi connectivity index (χ0v) is 12.3. The molecule has 1 aromatic carbocycles. The summed E-state index contributed by atoms with van der Waals surface area (Å²) in [7, 11) is 1.57. The van der Waals surface area contributed by atoms with Gasteiger partial charge in [0.2, 0.25) is 5.91 Å². The Bertz CT molecular complexity index is 622. The number of nitrogen functional groups attached to an aromatic ring is 1. The van der Waals surface area contributed by atoms with Gasteiger partial charge in [-0.2, -0.15) is 5.10 Å². The molecule has 3 N–H and O–H groups in total. The number of ether oxygens (including phenoxy) is 1. The van der Waals surface area contributed by atoms with Crippen LogP contribution in [0.15, 0.2) is 30.5 Å². The monoisotopic (exact) mass is 288 g/mol. The van der Waals surface area contributed by atoms with Gasteiger partial charge < -0.3 is 15.8 Å². The van der Waals surface area contributed by atoms with E-state index in [1.54, 1.807) is 25.3 Å². The van der Waals surface area contributed by atoms with Gasteiger partial charge in [-0.05, 0) is 31.5 Å². The maximum absolute atomic E-state index is 11.9. The largest absolute Gasteiger partial charge is 0.497 e. The summed E-state index contributed by atoms with van der Waals surface area (Å²) in [5, 5.41) is 7.08. The van der Waals surface area contributed by atoms with Crippen LogP contribution in [0, 0.1) is 6.92 Å². The van der Waals surface area contributed by atoms with E-state index in [4.69, 9.17) is 10.5 Å². The molecule has 0 aliphatic rings. The SMILES string of the molecule is COc1ccc(NC(=O)CCCn2ccc(C)n2)c(N)c1. The highest BCUT2D eigenvalue weighted by molar-refractivity contribution is 5.93. The number of nitrogens with two attached hydrogens (primary N) is 1. The number of anilines is 2. The molecule has 0 atom stereocenters. The number of carbonyl (C=O) groups excluding carboxylic acids is 1. The van der Waals surface area contributed by atoms with Crippen LogP contribution < -0.4 is 15.8 Å². The van der Waals surface area contributed by atoms with Crippen molar-refractivity contribution in [1.29, 1.82) is 0 Å². The Labute approximate surface area is 123 Å². The molecule has 1 heterocycles. The Kier molecular flexibility index (Phi) is 4.81. The van der Waals surface area contributed by atoms with Crippen molar-refractivity contribution in [3.05, 3.63) is 36.2 Å². The maximum Gasteiger partial charge on any atom is 0.224 e. The number of methoxy groups -OCH3 is 1. The molecule has 112 valence electrons. The lowest BCUT2D eigenvalue weighted by Gasteiger charge is -2.09. The maximum atomic E-state index is 11.9. The van der Waals surface area contributed by atoms with Crippen LogP contribution in [0.1, 0.15) is 18.5 Å². The van der Waals surface area contributed by atoms with Crippen molar-refractivity contribution in [3.8, 4) is 5.75 Å². The molecule has 1 amide bonds. The molecule has 0 saturated carbocycles. The smallest absolute Gasteiger partial charge is 0.224 e. The van der Waals surface area contributed by atoms with Crippen molar-refractivity contribution in [1.82, 2.24) is 9.78 Å². The lowest BCUT2D eigenvalue weighted by Crippen LogP contribution is -2.13. The van der Waals surface area contributed by atoms with Crippen molar-refractivity contribution in [2.45, 2.75) is 26.3 Å². The summed E-state index contributed by atoms with van der Waals surface area (Å²) in [5.74, 6) is 0.607. The summed E-state index contributed by atoms with van der Waals surface area (Å²) in [6.07, 6.45) is 3.06. The zero-order valence-electron chi connectivity index (χ0n) is 12.3. The second-order valence-corrected chi connectivity index (χ2v) is 4.83. The number of amides is 1. The van der Waals surface area contributed by atoms with Gasteiger partial charge in [0.15, 0.2) is 0 Å². The minimum Gasteiger partial charge on any atom is -0.497 e. The van der Waals surface area contributed by atoms with Gasteiger partial charge in [-0.25, -0.2) is 0 Å². The summed E-state index contributed by atoms with van der Waals surface area (Å²) in [6, 6.07) is 7.13. The van der Waals surface area contributed by atoms with Crippen LogP contribution in [-0.2, 0) is 11.3 Å². The average Bonchev–Trinajstić information content (AvgIpc) is 2.86. The van der Waals surface area contributed by atoms with Crippen molar-refractivity contribution < 1.29 is 9.53 Å². The first kappa shape index (κ1) is 14.9. The highest BCUT2D eigenvalue weighted by atomic mass is 16.5. The molecular weight excluding hydrogens is 268 g/mol. The first-order chi connectivity index (χ1) is 10.1. The number of aryl methyl sites for hydroxylation is 2. The summed E-state index contributed by atoms with van der Waals surface area (Å²) in [4.78, 5) is 11.9. The Hall–Kier alpha value is -2.50. The zero-order chi connectivity index (χ0) is 15.2. The third-order valence-corrected chi connectivity index (χ3v) is 3.10. The first-order valence-corrected chi connectivity index (χ1v) is 6.82. The lowest BCUT2D eigenvalue weighted by molar-refractivity contribution is -0.116. The third-order valence-electron chi connectivity index (χ3n) is 3.10. The lowest BCUT2D eigenvalue weighted by atomic mass is 10.2. The Balaban J connectivity index is 1.81. The standard InChI is InChI=1S/C15H20N4O2/c1-11-7-9-19(18-11)8-3-4-15(20)17-14-6-5-12(21-2)10-13(14)16/h5-7,9-10H,3-4,8,16H2,1-2H3,(H,17,20). The number of hydrogen-bond donors (Lipinski definition) is 2. The fourth-order valence-corrected chi connectivity index (χ4v) is 1.98. The van der Waals surface area contributed by atoms with Crippen molar-refractivity contribution in [3.63, 3.8) is 0 Å². The van der Waals surface area contributed by atoms with E-state index in [9.17, 15) is 4.79 Å². The van der Waals surface area contributed by atoms with Crippen LogP contribution in [-0.4, -0.2) is 22.8 Å². The highest BCUT2D eigenvalue weighted by Gasteiger charge is 2.06. The Morgan fingerprint density at radius 2 is 2.24 bits per heavy atom. The first-order valence-electron chi connectivity index (χ1n) is 6.82. The van der Waals surface area contributed by atoms with E-state index in [2.05, 4.69) is 10.4 Å². The molecule has 0 radical (unpaired) electrons. The fourth-order valence-electron chi connectivity index (χ4n) is 1.98. The van der Waals surface area contributed by atoms with Crippen LogP contribution in [0.5, 0.6) is 5.75 Å². The van der Waals surface area contributed by atoms with Gasteiger partial charge in [0.25, 0.3) is 0 Å². The second kappa shape index (κ2) is 6.78. The quantitative estimate of drug-likeness (QED) is 0.798. The molecule has 0 bridgehead atoms. The third kappa shape index (κ3) is 4.24. The van der Waals surface area contributed by atoms with Crippen LogP contribution in [0.3, 0.4) is 0 Å². The predicted molar refractivity (Wildman–Crippen MR) is 82.2 cm³/mol. The van der Waals surface area contributed by atoms with Gasteiger partial charge >= 0.3 is 0 Å². The molecule has 6 nitrogen and oxygen atoms in total. The number of hydrogen-bond acceptors (Lipinski definition) is 4. The molecule has 0 fully saturated rings.